The molecule has 28 heavy (non-hydrogen) atoms. The molecule has 0 N–H and O–H groups in total. The third kappa shape index (κ3) is 2.91. The first-order valence-electron chi connectivity index (χ1n) is 10.1. The lowest BCUT2D eigenvalue weighted by Crippen LogP contribution is -2.78. The molecule has 4 aliphatic heterocycles. The Morgan fingerprint density at radius 1 is 1.04 bits per heavy atom. The van der Waals surface area contributed by atoms with Crippen LogP contribution in [0, 0.1) is 0 Å². The number of hydrogen-bond acceptors (Lipinski definition) is 6. The van der Waals surface area contributed by atoms with Crippen LogP contribution in [0.25, 0.3) is 0 Å². The van der Waals surface area contributed by atoms with Crippen LogP contribution < -0.4 is 0 Å². The molecule has 1 spiro atoms. The Balaban J connectivity index is 1.41. The summed E-state index contributed by atoms with van der Waals surface area (Å²) < 4.78 is 37.3. The lowest BCUT2D eigenvalue weighted by Gasteiger charge is -2.60. The molecule has 1 aromatic carbocycles. The highest BCUT2D eigenvalue weighted by Gasteiger charge is 2.76. The van der Waals surface area contributed by atoms with Crippen molar-refractivity contribution in [3.05, 3.63) is 35.9 Å². The predicted molar refractivity (Wildman–Crippen MR) is 104 cm³/mol. The van der Waals surface area contributed by atoms with E-state index in [0.717, 1.165) is 5.56 Å². The first kappa shape index (κ1) is 19.2. The maximum atomic E-state index is 6.81. The van der Waals surface area contributed by atoms with Gasteiger partial charge in [-0.15, -0.1) is 0 Å². The van der Waals surface area contributed by atoms with Gasteiger partial charge in [-0.05, 0) is 23.7 Å². The Morgan fingerprint density at radius 3 is 2.29 bits per heavy atom. The summed E-state index contributed by atoms with van der Waals surface area (Å²) in [5.74, 6) is 0. The summed E-state index contributed by atoms with van der Waals surface area (Å²) in [6, 6.07) is 10.2. The van der Waals surface area contributed by atoms with E-state index in [9.17, 15) is 0 Å². The lowest BCUT2D eigenvalue weighted by atomic mass is 9.76. The molecule has 4 heterocycles. The van der Waals surface area contributed by atoms with Crippen LogP contribution in [0.3, 0.4) is 0 Å². The monoisotopic (exact) mass is 406 g/mol. The van der Waals surface area contributed by atoms with Crippen molar-refractivity contribution >= 4 is 8.32 Å². The van der Waals surface area contributed by atoms with Gasteiger partial charge >= 0.3 is 0 Å². The first-order valence-corrected chi connectivity index (χ1v) is 13.1. The van der Waals surface area contributed by atoms with Gasteiger partial charge in [-0.1, -0.05) is 51.1 Å². The molecule has 6 nitrogen and oxygen atoms in total. The number of epoxide rings is 1. The summed E-state index contributed by atoms with van der Waals surface area (Å²) in [6.07, 6.45) is -1.01. The fourth-order valence-corrected chi connectivity index (χ4v) is 5.55. The summed E-state index contributed by atoms with van der Waals surface area (Å²) >= 11 is 0. The quantitative estimate of drug-likeness (QED) is 0.553. The van der Waals surface area contributed by atoms with Crippen LogP contribution in [0.2, 0.25) is 18.1 Å². The maximum Gasteiger partial charge on any atom is 0.273 e. The molecule has 0 amide bonds. The van der Waals surface area contributed by atoms with Gasteiger partial charge in [0.2, 0.25) is 0 Å². The molecule has 1 saturated carbocycles. The highest BCUT2D eigenvalue weighted by Crippen LogP contribution is 2.55. The van der Waals surface area contributed by atoms with Gasteiger partial charge in [0.05, 0.1) is 13.2 Å². The van der Waals surface area contributed by atoms with Crippen LogP contribution in [0.5, 0.6) is 0 Å². The molecule has 4 bridgehead atoms. The Morgan fingerprint density at radius 2 is 1.68 bits per heavy atom. The summed E-state index contributed by atoms with van der Waals surface area (Å²) in [5, 5.41) is 0.0934. The molecule has 7 unspecified atom stereocenters. The van der Waals surface area contributed by atoms with Gasteiger partial charge in [-0.2, -0.15) is 0 Å². The zero-order valence-corrected chi connectivity index (χ0v) is 18.2. The van der Waals surface area contributed by atoms with Gasteiger partial charge in [0.1, 0.15) is 36.1 Å². The van der Waals surface area contributed by atoms with Gasteiger partial charge in [-0.25, -0.2) is 0 Å². The highest BCUT2D eigenvalue weighted by molar-refractivity contribution is 6.74. The van der Waals surface area contributed by atoms with Crippen molar-refractivity contribution in [3.8, 4) is 0 Å². The summed E-state index contributed by atoms with van der Waals surface area (Å²) in [6.45, 7) is 11.7. The Labute approximate surface area is 167 Å². The van der Waals surface area contributed by atoms with Crippen molar-refractivity contribution in [2.24, 2.45) is 0 Å². The molecule has 0 radical (unpaired) electrons. The van der Waals surface area contributed by atoms with Gasteiger partial charge < -0.3 is 28.1 Å². The topological polar surface area (TPSA) is 58.7 Å². The molecule has 4 saturated heterocycles. The largest absolute Gasteiger partial charge is 0.408 e. The molecule has 6 rings (SSSR count). The number of hydrogen-bond donors (Lipinski definition) is 0. The second-order valence-corrected chi connectivity index (χ2v) is 14.6. The van der Waals surface area contributed by atoms with E-state index in [4.69, 9.17) is 28.1 Å². The highest BCUT2D eigenvalue weighted by atomic mass is 28.4. The molecule has 1 aliphatic carbocycles. The van der Waals surface area contributed by atoms with Crippen molar-refractivity contribution in [3.63, 3.8) is 0 Å². The van der Waals surface area contributed by atoms with Gasteiger partial charge in [0.15, 0.2) is 8.32 Å². The van der Waals surface area contributed by atoms with Crippen molar-refractivity contribution in [2.45, 2.75) is 88.1 Å². The fraction of sp³-hybridized carbons (Fsp3) is 0.714. The van der Waals surface area contributed by atoms with Crippen LogP contribution in [0.4, 0.5) is 0 Å². The molecule has 7 atom stereocenters. The lowest BCUT2D eigenvalue weighted by molar-refractivity contribution is -0.479. The number of benzene rings is 1. The van der Waals surface area contributed by atoms with Crippen LogP contribution >= 0.6 is 0 Å². The maximum absolute atomic E-state index is 6.81. The zero-order valence-electron chi connectivity index (χ0n) is 17.2. The van der Waals surface area contributed by atoms with Crippen LogP contribution in [-0.4, -0.2) is 57.5 Å². The summed E-state index contributed by atoms with van der Waals surface area (Å²) in [4.78, 5) is 0. The molecule has 5 aliphatic rings. The van der Waals surface area contributed by atoms with E-state index in [0.29, 0.717) is 13.2 Å². The number of rotatable bonds is 5. The molecular formula is C21H30O6Si. The van der Waals surface area contributed by atoms with Crippen molar-refractivity contribution < 1.29 is 28.1 Å². The first-order chi connectivity index (χ1) is 13.2. The molecule has 154 valence electrons. The van der Waals surface area contributed by atoms with Crippen LogP contribution in [0.15, 0.2) is 30.3 Å². The van der Waals surface area contributed by atoms with Crippen molar-refractivity contribution in [2.75, 3.05) is 6.61 Å². The minimum absolute atomic E-state index is 0.0934. The zero-order chi connectivity index (χ0) is 19.7. The van der Waals surface area contributed by atoms with Gasteiger partial charge in [0, 0.05) is 0 Å². The van der Waals surface area contributed by atoms with E-state index in [1.54, 1.807) is 0 Å². The van der Waals surface area contributed by atoms with E-state index in [1.165, 1.54) is 0 Å². The van der Waals surface area contributed by atoms with Gasteiger partial charge in [0.25, 0.3) is 6.48 Å². The third-order valence-electron chi connectivity index (χ3n) is 6.99. The van der Waals surface area contributed by atoms with Crippen molar-refractivity contribution in [1.82, 2.24) is 0 Å². The molecule has 1 aromatic rings. The third-order valence-corrected chi connectivity index (χ3v) is 11.5. The summed E-state index contributed by atoms with van der Waals surface area (Å²) in [7, 11) is -2.03. The Bertz CT molecular complexity index is 728. The molecule has 7 heteroatoms. The van der Waals surface area contributed by atoms with E-state index in [2.05, 4.69) is 46.0 Å². The average Bonchev–Trinajstić information content (AvgIpc) is 3.42. The second-order valence-electron chi connectivity index (χ2n) is 9.85. The van der Waals surface area contributed by atoms with Crippen LogP contribution in [-0.2, 0) is 34.7 Å². The van der Waals surface area contributed by atoms with E-state index >= 15 is 0 Å². The Hall–Kier alpha value is -0.803. The fourth-order valence-electron chi connectivity index (χ4n) is 4.26. The molecule has 0 aromatic heterocycles. The predicted octanol–water partition coefficient (Wildman–Crippen LogP) is 3.21. The Kier molecular flexibility index (Phi) is 4.35. The smallest absolute Gasteiger partial charge is 0.273 e. The SMILES string of the molecule is CC(C)(C)[Si](C)(C)OC1C2OC3OC(C2OCc2ccccc2)C2(CO2)C1O3. The minimum Gasteiger partial charge on any atom is -0.408 e. The number of ether oxygens (including phenoxy) is 5. The standard InChI is InChI=1S/C21H30O6Si/c1-20(2,3)28(4,5)27-16-14-15(22-11-13-9-7-6-8-10-13)17-21(12-23-21)18(16)26-19(24-14)25-17/h6-10,14-19H,11-12H2,1-5H3. The van der Waals surface area contributed by atoms with E-state index < -0.39 is 20.4 Å². The minimum atomic E-state index is -2.03. The van der Waals surface area contributed by atoms with Gasteiger partial charge in [-0.3, -0.25) is 0 Å². The second kappa shape index (κ2) is 6.35. The van der Waals surface area contributed by atoms with E-state index in [1.807, 2.05) is 18.2 Å². The van der Waals surface area contributed by atoms with E-state index in [-0.39, 0.29) is 35.6 Å². The van der Waals surface area contributed by atoms with Crippen LogP contribution in [0.1, 0.15) is 26.3 Å². The average molecular weight is 407 g/mol. The van der Waals surface area contributed by atoms with Crippen molar-refractivity contribution in [1.29, 1.82) is 0 Å². The molecular weight excluding hydrogens is 376 g/mol. The summed E-state index contributed by atoms with van der Waals surface area (Å²) in [5.41, 5.74) is 0.658. The molecule has 5 fully saturated rings. The normalized spacial score (nSPS) is 41.6.